The van der Waals surface area contributed by atoms with Crippen LogP contribution in [0.5, 0.6) is 0 Å². The number of nitrogens with two attached hydrogens (primary N) is 1. The molecule has 0 radical (unpaired) electrons. The summed E-state index contributed by atoms with van der Waals surface area (Å²) in [5, 5.41) is 2.50. The molecule has 16 heavy (non-hydrogen) atoms. The van der Waals surface area contributed by atoms with Gasteiger partial charge in [0.15, 0.2) is 0 Å². The van der Waals surface area contributed by atoms with E-state index in [4.69, 9.17) is 5.73 Å². The van der Waals surface area contributed by atoms with E-state index in [9.17, 15) is 14.4 Å². The predicted octanol–water partition coefficient (Wildman–Crippen LogP) is -0.765. The summed E-state index contributed by atoms with van der Waals surface area (Å²) in [6, 6.07) is -0.0838. The first kappa shape index (κ1) is 14.6. The van der Waals surface area contributed by atoms with E-state index >= 15 is 0 Å². The number of rotatable bonds is 6. The van der Waals surface area contributed by atoms with Crippen LogP contribution in [0.3, 0.4) is 0 Å². The quantitative estimate of drug-likeness (QED) is 0.462. The summed E-state index contributed by atoms with van der Waals surface area (Å²) in [6.45, 7) is 4.22. The van der Waals surface area contributed by atoms with Gasteiger partial charge < -0.3 is 11.1 Å². The highest BCUT2D eigenvalue weighted by molar-refractivity contribution is 6.36. The van der Waals surface area contributed by atoms with Crippen LogP contribution in [-0.4, -0.2) is 42.3 Å². The Morgan fingerprint density at radius 2 is 2.12 bits per heavy atom. The third kappa shape index (κ3) is 4.88. The highest BCUT2D eigenvalue weighted by atomic mass is 16.2. The molecule has 0 heterocycles. The number of imide groups is 1. The van der Waals surface area contributed by atoms with Gasteiger partial charge in [-0.05, 0) is 26.3 Å². The number of carbonyl (C=O) groups is 3. The fourth-order valence-electron chi connectivity index (χ4n) is 0.982. The Hall–Kier alpha value is -1.43. The fourth-order valence-corrected chi connectivity index (χ4v) is 0.982. The number of nitrogens with zero attached hydrogens (tertiary/aromatic N) is 1. The first-order chi connectivity index (χ1) is 7.56. The molecule has 1 atom stereocenters. The summed E-state index contributed by atoms with van der Waals surface area (Å²) < 4.78 is 0. The average Bonchev–Trinajstić information content (AvgIpc) is 2.29. The Bertz CT molecular complexity index is 256. The predicted molar refractivity (Wildman–Crippen MR) is 59.3 cm³/mol. The van der Waals surface area contributed by atoms with E-state index < -0.39 is 11.8 Å². The molecule has 0 aromatic heterocycles. The Kier molecular flexibility index (Phi) is 7.11. The van der Waals surface area contributed by atoms with Crippen molar-refractivity contribution in [3.8, 4) is 0 Å². The summed E-state index contributed by atoms with van der Waals surface area (Å²) >= 11 is 0. The molecule has 0 bridgehead atoms. The standard InChI is InChI=1S/C10H19N3O3/c1-3-8(2)12-9(15)10(16)13(7-14)6-4-5-11/h7-8H,3-6,11H2,1-2H3,(H,12,15). The van der Waals surface area contributed by atoms with E-state index in [2.05, 4.69) is 5.32 Å². The lowest BCUT2D eigenvalue weighted by Gasteiger charge is -2.16. The van der Waals surface area contributed by atoms with Crippen LogP contribution in [-0.2, 0) is 14.4 Å². The van der Waals surface area contributed by atoms with Crippen molar-refractivity contribution >= 4 is 18.2 Å². The lowest BCUT2D eigenvalue weighted by atomic mass is 10.2. The molecule has 0 aliphatic heterocycles. The molecule has 0 saturated heterocycles. The number of hydrogen-bond donors (Lipinski definition) is 2. The maximum atomic E-state index is 11.5. The molecule has 0 spiro atoms. The van der Waals surface area contributed by atoms with Crippen LogP contribution in [0.2, 0.25) is 0 Å². The molecule has 0 saturated carbocycles. The van der Waals surface area contributed by atoms with Gasteiger partial charge in [0.25, 0.3) is 0 Å². The molecule has 92 valence electrons. The van der Waals surface area contributed by atoms with Gasteiger partial charge >= 0.3 is 11.8 Å². The molecular weight excluding hydrogens is 210 g/mol. The van der Waals surface area contributed by atoms with Gasteiger partial charge in [-0.3, -0.25) is 19.3 Å². The first-order valence-electron chi connectivity index (χ1n) is 5.33. The largest absolute Gasteiger partial charge is 0.345 e. The minimum Gasteiger partial charge on any atom is -0.345 e. The highest BCUT2D eigenvalue weighted by Gasteiger charge is 2.21. The lowest BCUT2D eigenvalue weighted by molar-refractivity contribution is -0.149. The van der Waals surface area contributed by atoms with Crippen LogP contribution in [0.4, 0.5) is 0 Å². The number of nitrogens with one attached hydrogen (secondary N) is 1. The smallest absolute Gasteiger partial charge is 0.318 e. The molecule has 6 nitrogen and oxygen atoms in total. The van der Waals surface area contributed by atoms with Crippen molar-refractivity contribution in [2.24, 2.45) is 5.73 Å². The third-order valence-electron chi connectivity index (χ3n) is 2.18. The Labute approximate surface area is 95.2 Å². The Morgan fingerprint density at radius 1 is 1.50 bits per heavy atom. The maximum Gasteiger partial charge on any atom is 0.318 e. The van der Waals surface area contributed by atoms with Crippen molar-refractivity contribution in [1.82, 2.24) is 10.2 Å². The number of carbonyl (C=O) groups excluding carboxylic acids is 3. The summed E-state index contributed by atoms with van der Waals surface area (Å²) in [6.07, 6.45) is 1.57. The summed E-state index contributed by atoms with van der Waals surface area (Å²) in [4.78, 5) is 34.3. The van der Waals surface area contributed by atoms with Crippen molar-refractivity contribution in [1.29, 1.82) is 0 Å². The zero-order valence-electron chi connectivity index (χ0n) is 9.73. The maximum absolute atomic E-state index is 11.5. The summed E-state index contributed by atoms with van der Waals surface area (Å²) in [5.74, 6) is -1.58. The fraction of sp³-hybridized carbons (Fsp3) is 0.700. The summed E-state index contributed by atoms with van der Waals surface area (Å²) in [5.41, 5.74) is 5.26. The van der Waals surface area contributed by atoms with Crippen LogP contribution < -0.4 is 11.1 Å². The zero-order valence-corrected chi connectivity index (χ0v) is 9.73. The second-order valence-electron chi connectivity index (χ2n) is 3.53. The van der Waals surface area contributed by atoms with E-state index in [1.54, 1.807) is 6.92 Å². The average molecular weight is 229 g/mol. The Balaban J connectivity index is 4.27. The molecule has 0 aliphatic rings. The van der Waals surface area contributed by atoms with Gasteiger partial charge in [-0.2, -0.15) is 0 Å². The van der Waals surface area contributed by atoms with Crippen LogP contribution in [0.25, 0.3) is 0 Å². The van der Waals surface area contributed by atoms with Crippen molar-refractivity contribution in [3.05, 3.63) is 0 Å². The molecule has 0 aromatic rings. The van der Waals surface area contributed by atoms with Crippen molar-refractivity contribution < 1.29 is 14.4 Å². The molecule has 0 fully saturated rings. The van der Waals surface area contributed by atoms with E-state index in [0.29, 0.717) is 19.4 Å². The SMILES string of the molecule is CCC(C)NC(=O)C(=O)N(C=O)CCCN. The van der Waals surface area contributed by atoms with Gasteiger partial charge in [0.1, 0.15) is 0 Å². The van der Waals surface area contributed by atoms with Gasteiger partial charge in [-0.15, -0.1) is 0 Å². The minimum absolute atomic E-state index is 0.0838. The monoisotopic (exact) mass is 229 g/mol. The van der Waals surface area contributed by atoms with Gasteiger partial charge in [0.2, 0.25) is 6.41 Å². The topological polar surface area (TPSA) is 92.5 Å². The van der Waals surface area contributed by atoms with E-state index in [1.807, 2.05) is 6.92 Å². The molecule has 3 amide bonds. The molecule has 1 unspecified atom stereocenters. The van der Waals surface area contributed by atoms with Crippen molar-refractivity contribution in [3.63, 3.8) is 0 Å². The van der Waals surface area contributed by atoms with Crippen LogP contribution in [0.15, 0.2) is 0 Å². The first-order valence-corrected chi connectivity index (χ1v) is 5.33. The number of hydrogen-bond acceptors (Lipinski definition) is 4. The van der Waals surface area contributed by atoms with Gasteiger partial charge in [-0.1, -0.05) is 6.92 Å². The molecule has 0 aromatic carbocycles. The van der Waals surface area contributed by atoms with Gasteiger partial charge in [0, 0.05) is 12.6 Å². The molecule has 3 N–H and O–H groups in total. The van der Waals surface area contributed by atoms with Gasteiger partial charge in [0.05, 0.1) is 0 Å². The van der Waals surface area contributed by atoms with Crippen LogP contribution >= 0.6 is 0 Å². The second kappa shape index (κ2) is 7.81. The number of amides is 3. The summed E-state index contributed by atoms with van der Waals surface area (Å²) in [7, 11) is 0. The minimum atomic E-state index is -0.830. The van der Waals surface area contributed by atoms with Gasteiger partial charge in [-0.25, -0.2) is 0 Å². The van der Waals surface area contributed by atoms with Crippen molar-refractivity contribution in [2.45, 2.75) is 32.7 Å². The van der Waals surface area contributed by atoms with Crippen LogP contribution in [0, 0.1) is 0 Å². The van der Waals surface area contributed by atoms with Crippen molar-refractivity contribution in [2.75, 3.05) is 13.1 Å². The van der Waals surface area contributed by atoms with E-state index in [0.717, 1.165) is 11.3 Å². The second-order valence-corrected chi connectivity index (χ2v) is 3.53. The normalized spacial score (nSPS) is 11.7. The van der Waals surface area contributed by atoms with E-state index in [1.165, 1.54) is 0 Å². The van der Waals surface area contributed by atoms with Crippen LogP contribution in [0.1, 0.15) is 26.7 Å². The highest BCUT2D eigenvalue weighted by Crippen LogP contribution is 1.92. The molecule has 0 aliphatic carbocycles. The van der Waals surface area contributed by atoms with E-state index in [-0.39, 0.29) is 12.6 Å². The lowest BCUT2D eigenvalue weighted by Crippen LogP contribution is -2.45. The molecule has 0 rings (SSSR count). The molecule has 6 heteroatoms. The zero-order chi connectivity index (χ0) is 12.6. The third-order valence-corrected chi connectivity index (χ3v) is 2.18. The Morgan fingerprint density at radius 3 is 2.56 bits per heavy atom. The molecular formula is C10H19N3O3.